The van der Waals surface area contributed by atoms with Crippen LogP contribution in [0, 0.1) is 0 Å². The second-order valence-electron chi connectivity index (χ2n) is 4.40. The van der Waals surface area contributed by atoms with Crippen LogP contribution in [-0.2, 0) is 13.5 Å². The van der Waals surface area contributed by atoms with Crippen LogP contribution < -0.4 is 15.8 Å². The number of rotatable bonds is 4. The van der Waals surface area contributed by atoms with E-state index in [0.29, 0.717) is 22.7 Å². The van der Waals surface area contributed by atoms with Crippen molar-refractivity contribution in [3.63, 3.8) is 0 Å². The third-order valence-electron chi connectivity index (χ3n) is 2.98. The average Bonchev–Trinajstić information content (AvgIpc) is 2.78. The number of carbonyl (C=O) groups excluding carboxylic acids is 1. The number of nitrogen functional groups attached to an aromatic ring is 1. The Balaban J connectivity index is 2.31. The maximum Gasteiger partial charge on any atom is 0.259 e. The van der Waals surface area contributed by atoms with Crippen LogP contribution in [0.5, 0.6) is 5.75 Å². The normalized spacial score (nSPS) is 10.3. The molecule has 0 bridgehead atoms. The summed E-state index contributed by atoms with van der Waals surface area (Å²) in [5, 5.41) is 7.12. The molecular weight excluding hydrogens is 256 g/mol. The molecule has 0 unspecified atom stereocenters. The zero-order valence-electron chi connectivity index (χ0n) is 11.8. The van der Waals surface area contributed by atoms with E-state index in [2.05, 4.69) is 10.4 Å². The quantitative estimate of drug-likeness (QED) is 0.833. The van der Waals surface area contributed by atoms with Gasteiger partial charge in [-0.25, -0.2) is 0 Å². The van der Waals surface area contributed by atoms with Crippen molar-refractivity contribution in [2.24, 2.45) is 7.05 Å². The molecular formula is C14H18N4O2. The summed E-state index contributed by atoms with van der Waals surface area (Å²) in [4.78, 5) is 12.3. The van der Waals surface area contributed by atoms with E-state index in [1.165, 1.54) is 7.11 Å². The first-order valence-electron chi connectivity index (χ1n) is 6.33. The lowest BCUT2D eigenvalue weighted by Crippen LogP contribution is -2.14. The van der Waals surface area contributed by atoms with E-state index in [-0.39, 0.29) is 5.91 Å². The molecule has 0 saturated heterocycles. The van der Waals surface area contributed by atoms with Crippen LogP contribution in [0.3, 0.4) is 0 Å². The van der Waals surface area contributed by atoms with E-state index in [9.17, 15) is 4.79 Å². The standard InChI is InChI=1S/C14H18N4O2/c1-4-11-12(8-18(2)17-11)16-14(19)9-6-5-7-10(15)13(9)20-3/h5-8H,4,15H2,1-3H3,(H,16,19). The molecule has 0 radical (unpaired) electrons. The van der Waals surface area contributed by atoms with Crippen molar-refractivity contribution in [2.75, 3.05) is 18.2 Å². The molecule has 106 valence electrons. The Bertz CT molecular complexity index is 634. The fourth-order valence-electron chi connectivity index (χ4n) is 2.05. The second-order valence-corrected chi connectivity index (χ2v) is 4.40. The third-order valence-corrected chi connectivity index (χ3v) is 2.98. The van der Waals surface area contributed by atoms with Crippen LogP contribution in [0.15, 0.2) is 24.4 Å². The van der Waals surface area contributed by atoms with E-state index < -0.39 is 0 Å². The third kappa shape index (κ3) is 2.59. The summed E-state index contributed by atoms with van der Waals surface area (Å²) in [6.07, 6.45) is 2.51. The molecule has 1 heterocycles. The fourth-order valence-corrected chi connectivity index (χ4v) is 2.05. The number of nitrogens with zero attached hydrogens (tertiary/aromatic N) is 2. The lowest BCUT2D eigenvalue weighted by molar-refractivity contribution is 0.102. The van der Waals surface area contributed by atoms with Crippen molar-refractivity contribution in [1.29, 1.82) is 0 Å². The number of nitrogens with two attached hydrogens (primary N) is 1. The number of aryl methyl sites for hydroxylation is 2. The van der Waals surface area contributed by atoms with Gasteiger partial charge >= 0.3 is 0 Å². The topological polar surface area (TPSA) is 82.2 Å². The van der Waals surface area contributed by atoms with Gasteiger partial charge in [0.1, 0.15) is 0 Å². The van der Waals surface area contributed by atoms with Gasteiger partial charge in [-0.3, -0.25) is 9.48 Å². The molecule has 0 fully saturated rings. The number of hydrogen-bond donors (Lipinski definition) is 2. The molecule has 20 heavy (non-hydrogen) atoms. The second kappa shape index (κ2) is 5.64. The van der Waals surface area contributed by atoms with E-state index in [1.807, 2.05) is 14.0 Å². The lowest BCUT2D eigenvalue weighted by Gasteiger charge is -2.10. The van der Waals surface area contributed by atoms with Crippen molar-refractivity contribution in [1.82, 2.24) is 9.78 Å². The molecule has 6 heteroatoms. The smallest absolute Gasteiger partial charge is 0.259 e. The van der Waals surface area contributed by atoms with Gasteiger partial charge in [-0.15, -0.1) is 0 Å². The Morgan fingerprint density at radius 1 is 1.50 bits per heavy atom. The van der Waals surface area contributed by atoms with Crippen molar-refractivity contribution >= 4 is 17.3 Å². The van der Waals surface area contributed by atoms with Crippen LogP contribution in [0.4, 0.5) is 11.4 Å². The fraction of sp³-hybridized carbons (Fsp3) is 0.286. The molecule has 0 aliphatic carbocycles. The summed E-state index contributed by atoms with van der Waals surface area (Å²) >= 11 is 0. The highest BCUT2D eigenvalue weighted by atomic mass is 16.5. The van der Waals surface area contributed by atoms with Crippen molar-refractivity contribution in [3.05, 3.63) is 35.7 Å². The first-order valence-corrected chi connectivity index (χ1v) is 6.33. The number of carbonyl (C=O) groups is 1. The van der Waals surface area contributed by atoms with E-state index in [1.54, 1.807) is 29.1 Å². The number of methoxy groups -OCH3 is 1. The molecule has 0 saturated carbocycles. The summed E-state index contributed by atoms with van der Waals surface area (Å²) < 4.78 is 6.86. The summed E-state index contributed by atoms with van der Waals surface area (Å²) in [6, 6.07) is 5.08. The Kier molecular flexibility index (Phi) is 3.93. The highest BCUT2D eigenvalue weighted by Crippen LogP contribution is 2.27. The van der Waals surface area contributed by atoms with Gasteiger partial charge in [0.25, 0.3) is 5.91 Å². The molecule has 0 aliphatic rings. The molecule has 3 N–H and O–H groups in total. The number of aromatic nitrogens is 2. The number of amides is 1. The minimum Gasteiger partial charge on any atom is -0.494 e. The molecule has 0 atom stereocenters. The number of para-hydroxylation sites is 1. The van der Waals surface area contributed by atoms with E-state index in [4.69, 9.17) is 10.5 Å². The predicted molar refractivity (Wildman–Crippen MR) is 77.9 cm³/mol. The average molecular weight is 274 g/mol. The monoisotopic (exact) mass is 274 g/mol. The van der Waals surface area contributed by atoms with Crippen LogP contribution in [0.1, 0.15) is 23.0 Å². The molecule has 2 rings (SSSR count). The Labute approximate surface area is 117 Å². The van der Waals surface area contributed by atoms with Gasteiger partial charge in [-0.2, -0.15) is 5.10 Å². The minimum atomic E-state index is -0.267. The molecule has 0 aliphatic heterocycles. The number of benzene rings is 1. The SMILES string of the molecule is CCc1nn(C)cc1NC(=O)c1cccc(N)c1OC. The number of nitrogens with one attached hydrogen (secondary N) is 1. The van der Waals surface area contributed by atoms with Crippen LogP contribution in [0.25, 0.3) is 0 Å². The van der Waals surface area contributed by atoms with Crippen molar-refractivity contribution < 1.29 is 9.53 Å². The highest BCUT2D eigenvalue weighted by Gasteiger charge is 2.16. The lowest BCUT2D eigenvalue weighted by atomic mass is 10.1. The van der Waals surface area contributed by atoms with Crippen LogP contribution >= 0.6 is 0 Å². The zero-order valence-corrected chi connectivity index (χ0v) is 11.8. The molecule has 0 spiro atoms. The number of anilines is 2. The molecule has 1 aromatic heterocycles. The van der Waals surface area contributed by atoms with E-state index in [0.717, 1.165) is 12.1 Å². The maximum atomic E-state index is 12.3. The summed E-state index contributed by atoms with van der Waals surface area (Å²) in [5.74, 6) is 0.115. The zero-order chi connectivity index (χ0) is 14.7. The largest absolute Gasteiger partial charge is 0.494 e. The van der Waals surface area contributed by atoms with Gasteiger partial charge in [0, 0.05) is 13.2 Å². The van der Waals surface area contributed by atoms with Crippen LogP contribution in [-0.4, -0.2) is 22.8 Å². The Hall–Kier alpha value is -2.50. The van der Waals surface area contributed by atoms with Crippen LogP contribution in [0.2, 0.25) is 0 Å². The highest BCUT2D eigenvalue weighted by molar-refractivity contribution is 6.07. The molecule has 6 nitrogen and oxygen atoms in total. The number of ether oxygens (including phenoxy) is 1. The van der Waals surface area contributed by atoms with E-state index >= 15 is 0 Å². The Morgan fingerprint density at radius 2 is 2.25 bits per heavy atom. The molecule has 1 amide bonds. The predicted octanol–water partition coefficient (Wildman–Crippen LogP) is 1.83. The van der Waals surface area contributed by atoms with Gasteiger partial charge in [0.05, 0.1) is 29.7 Å². The van der Waals surface area contributed by atoms with Crippen molar-refractivity contribution in [3.8, 4) is 5.75 Å². The van der Waals surface area contributed by atoms with Gasteiger partial charge < -0.3 is 15.8 Å². The molecule has 1 aromatic carbocycles. The Morgan fingerprint density at radius 3 is 2.90 bits per heavy atom. The van der Waals surface area contributed by atoms with Gasteiger partial charge in [0.15, 0.2) is 5.75 Å². The van der Waals surface area contributed by atoms with Crippen molar-refractivity contribution in [2.45, 2.75) is 13.3 Å². The minimum absolute atomic E-state index is 0.267. The summed E-state index contributed by atoms with van der Waals surface area (Å²) in [7, 11) is 3.31. The number of hydrogen-bond acceptors (Lipinski definition) is 4. The molecule has 2 aromatic rings. The first kappa shape index (κ1) is 13.9. The first-order chi connectivity index (χ1) is 9.56. The van der Waals surface area contributed by atoms with Gasteiger partial charge in [-0.1, -0.05) is 13.0 Å². The summed E-state index contributed by atoms with van der Waals surface area (Å²) in [5.41, 5.74) is 8.17. The van der Waals surface area contributed by atoms with Gasteiger partial charge in [0.2, 0.25) is 0 Å². The van der Waals surface area contributed by atoms with Gasteiger partial charge in [-0.05, 0) is 18.6 Å². The summed E-state index contributed by atoms with van der Waals surface area (Å²) in [6.45, 7) is 1.99. The maximum absolute atomic E-state index is 12.3.